The van der Waals surface area contributed by atoms with E-state index in [0.29, 0.717) is 17.9 Å². The van der Waals surface area contributed by atoms with Crippen LogP contribution in [0.3, 0.4) is 0 Å². The number of imidazole rings is 1. The number of halogens is 1. The van der Waals surface area contributed by atoms with Gasteiger partial charge in [0.25, 0.3) is 0 Å². The fourth-order valence-corrected chi connectivity index (χ4v) is 2.39. The Morgan fingerprint density at radius 3 is 2.84 bits per heavy atom. The van der Waals surface area contributed by atoms with E-state index in [9.17, 15) is 5.11 Å². The van der Waals surface area contributed by atoms with E-state index in [4.69, 9.17) is 11.6 Å². The zero-order valence-electron chi connectivity index (χ0n) is 11.1. The van der Waals surface area contributed by atoms with Crippen LogP contribution in [0.2, 0.25) is 5.02 Å². The van der Waals surface area contributed by atoms with Gasteiger partial charge >= 0.3 is 0 Å². The minimum Gasteiger partial charge on any atom is -0.392 e. The maximum Gasteiger partial charge on any atom is 0.111 e. The minimum atomic E-state index is -0.460. The van der Waals surface area contributed by atoms with Crippen LogP contribution in [0.4, 0.5) is 0 Å². The first-order chi connectivity index (χ1) is 9.20. The van der Waals surface area contributed by atoms with Crippen LogP contribution in [0.5, 0.6) is 0 Å². The molecule has 1 aromatic carbocycles. The number of hydrogen-bond donors (Lipinski definition) is 1. The Morgan fingerprint density at radius 2 is 2.11 bits per heavy atom. The van der Waals surface area contributed by atoms with Crippen LogP contribution in [0, 0.1) is 0 Å². The Hall–Kier alpha value is -1.32. The molecule has 0 fully saturated rings. The van der Waals surface area contributed by atoms with E-state index in [0.717, 1.165) is 24.4 Å². The van der Waals surface area contributed by atoms with Crippen molar-refractivity contribution in [2.45, 2.75) is 38.8 Å². The lowest BCUT2D eigenvalue weighted by Gasteiger charge is -2.13. The molecule has 1 aromatic heterocycles. The predicted octanol–water partition coefficient (Wildman–Crippen LogP) is 3.09. The van der Waals surface area contributed by atoms with Gasteiger partial charge in [-0.15, -0.1) is 0 Å². The predicted molar refractivity (Wildman–Crippen MR) is 77.4 cm³/mol. The van der Waals surface area contributed by atoms with Gasteiger partial charge in [-0.25, -0.2) is 4.98 Å². The van der Waals surface area contributed by atoms with Crippen molar-refractivity contribution < 1.29 is 5.11 Å². The molecule has 0 radical (unpaired) electrons. The van der Waals surface area contributed by atoms with Gasteiger partial charge in [0.05, 0.1) is 6.10 Å². The van der Waals surface area contributed by atoms with E-state index in [1.807, 2.05) is 30.5 Å². The van der Waals surface area contributed by atoms with E-state index in [-0.39, 0.29) is 0 Å². The molecule has 0 amide bonds. The van der Waals surface area contributed by atoms with Crippen molar-refractivity contribution in [2.24, 2.45) is 0 Å². The number of aliphatic hydroxyl groups excluding tert-OH is 1. The van der Waals surface area contributed by atoms with Crippen LogP contribution in [-0.4, -0.2) is 20.8 Å². The maximum absolute atomic E-state index is 10.2. The molecular weight excluding hydrogens is 260 g/mol. The maximum atomic E-state index is 10.2. The van der Waals surface area contributed by atoms with Crippen LogP contribution in [-0.2, 0) is 19.4 Å². The monoisotopic (exact) mass is 278 g/mol. The van der Waals surface area contributed by atoms with Gasteiger partial charge in [0.1, 0.15) is 5.82 Å². The number of benzene rings is 1. The van der Waals surface area contributed by atoms with Crippen molar-refractivity contribution in [2.75, 3.05) is 0 Å². The van der Waals surface area contributed by atoms with E-state index in [1.165, 1.54) is 0 Å². The highest BCUT2D eigenvalue weighted by atomic mass is 35.5. The van der Waals surface area contributed by atoms with Crippen LogP contribution in [0.1, 0.15) is 24.7 Å². The van der Waals surface area contributed by atoms with E-state index in [1.54, 1.807) is 6.20 Å². The molecule has 19 heavy (non-hydrogen) atoms. The Labute approximate surface area is 118 Å². The van der Waals surface area contributed by atoms with Crippen LogP contribution >= 0.6 is 11.6 Å². The second-order valence-electron chi connectivity index (χ2n) is 4.69. The standard InChI is InChI=1S/C15H19ClN2O/c1-2-8-18-9-7-17-15(18)11-13(19)10-12-5-3-4-6-14(12)16/h3-7,9,13,19H,2,8,10-11H2,1H3. The smallest absolute Gasteiger partial charge is 0.111 e. The van der Waals surface area contributed by atoms with Gasteiger partial charge in [-0.1, -0.05) is 36.7 Å². The molecule has 1 unspecified atom stereocenters. The third-order valence-electron chi connectivity index (χ3n) is 3.10. The Bertz CT molecular complexity index is 524. The molecule has 102 valence electrons. The average molecular weight is 279 g/mol. The van der Waals surface area contributed by atoms with Gasteiger partial charge in [0.2, 0.25) is 0 Å². The van der Waals surface area contributed by atoms with Gasteiger partial charge in [-0.05, 0) is 18.1 Å². The average Bonchev–Trinajstić information content (AvgIpc) is 2.80. The molecule has 3 nitrogen and oxygen atoms in total. The SMILES string of the molecule is CCCn1ccnc1CC(O)Cc1ccccc1Cl. The molecule has 2 aromatic rings. The lowest BCUT2D eigenvalue weighted by molar-refractivity contribution is 0.171. The number of aromatic nitrogens is 2. The van der Waals surface area contributed by atoms with Crippen molar-refractivity contribution in [1.29, 1.82) is 0 Å². The van der Waals surface area contributed by atoms with E-state index < -0.39 is 6.10 Å². The Morgan fingerprint density at radius 1 is 1.32 bits per heavy atom. The summed E-state index contributed by atoms with van der Waals surface area (Å²) in [6, 6.07) is 7.63. The highest BCUT2D eigenvalue weighted by Gasteiger charge is 2.12. The number of hydrogen-bond acceptors (Lipinski definition) is 2. The molecule has 0 aliphatic carbocycles. The van der Waals surface area contributed by atoms with Gasteiger partial charge in [0.15, 0.2) is 0 Å². The summed E-state index contributed by atoms with van der Waals surface area (Å²) in [5, 5.41) is 10.9. The molecule has 0 spiro atoms. The number of aryl methyl sites for hydroxylation is 1. The summed E-state index contributed by atoms with van der Waals surface area (Å²) in [6.07, 6.45) is 5.45. The summed E-state index contributed by atoms with van der Waals surface area (Å²) < 4.78 is 2.09. The van der Waals surface area contributed by atoms with Gasteiger partial charge in [-0.3, -0.25) is 0 Å². The van der Waals surface area contributed by atoms with Gasteiger partial charge < -0.3 is 9.67 Å². The second-order valence-corrected chi connectivity index (χ2v) is 5.10. The summed E-state index contributed by atoms with van der Waals surface area (Å²) in [5.41, 5.74) is 0.977. The summed E-state index contributed by atoms with van der Waals surface area (Å²) in [4.78, 5) is 4.31. The molecule has 2 rings (SSSR count). The summed E-state index contributed by atoms with van der Waals surface area (Å²) in [7, 11) is 0. The fraction of sp³-hybridized carbons (Fsp3) is 0.400. The molecule has 0 aliphatic heterocycles. The third kappa shape index (κ3) is 3.82. The van der Waals surface area contributed by atoms with Crippen LogP contribution in [0.15, 0.2) is 36.7 Å². The zero-order valence-corrected chi connectivity index (χ0v) is 11.8. The number of rotatable bonds is 6. The fourth-order valence-electron chi connectivity index (χ4n) is 2.18. The molecule has 1 N–H and O–H groups in total. The molecule has 0 bridgehead atoms. The van der Waals surface area contributed by atoms with Gasteiger partial charge in [-0.2, -0.15) is 0 Å². The zero-order chi connectivity index (χ0) is 13.7. The lowest BCUT2D eigenvalue weighted by atomic mass is 10.1. The van der Waals surface area contributed by atoms with Crippen molar-refractivity contribution in [3.05, 3.63) is 53.1 Å². The number of nitrogens with zero attached hydrogens (tertiary/aromatic N) is 2. The molecule has 0 saturated carbocycles. The second kappa shape index (κ2) is 6.73. The van der Waals surface area contributed by atoms with Crippen molar-refractivity contribution >= 4 is 11.6 Å². The highest BCUT2D eigenvalue weighted by Crippen LogP contribution is 2.17. The van der Waals surface area contributed by atoms with E-state index >= 15 is 0 Å². The van der Waals surface area contributed by atoms with Crippen LogP contribution < -0.4 is 0 Å². The Kier molecular flexibility index (Phi) is 5.00. The molecule has 0 aliphatic rings. The molecule has 1 heterocycles. The molecular formula is C15H19ClN2O. The molecule has 1 atom stereocenters. The van der Waals surface area contributed by atoms with Crippen molar-refractivity contribution in [3.63, 3.8) is 0 Å². The van der Waals surface area contributed by atoms with E-state index in [2.05, 4.69) is 16.5 Å². The summed E-state index contributed by atoms with van der Waals surface area (Å²) in [6.45, 7) is 3.07. The summed E-state index contributed by atoms with van der Waals surface area (Å²) >= 11 is 6.10. The molecule has 4 heteroatoms. The quantitative estimate of drug-likeness (QED) is 0.882. The van der Waals surface area contributed by atoms with Crippen molar-refractivity contribution in [1.82, 2.24) is 9.55 Å². The van der Waals surface area contributed by atoms with Crippen LogP contribution in [0.25, 0.3) is 0 Å². The lowest BCUT2D eigenvalue weighted by Crippen LogP contribution is -2.17. The topological polar surface area (TPSA) is 38.0 Å². The molecule has 0 saturated heterocycles. The van der Waals surface area contributed by atoms with Crippen molar-refractivity contribution in [3.8, 4) is 0 Å². The summed E-state index contributed by atoms with van der Waals surface area (Å²) in [5.74, 6) is 0.932. The first-order valence-corrected chi connectivity index (χ1v) is 7.00. The Balaban J connectivity index is 1.99. The largest absolute Gasteiger partial charge is 0.392 e. The first kappa shape index (κ1) is 14.1. The first-order valence-electron chi connectivity index (χ1n) is 6.62. The highest BCUT2D eigenvalue weighted by molar-refractivity contribution is 6.31. The third-order valence-corrected chi connectivity index (χ3v) is 3.47. The number of aliphatic hydroxyl groups is 1. The van der Waals surface area contributed by atoms with Gasteiger partial charge in [0, 0.05) is 36.8 Å². The minimum absolute atomic E-state index is 0.460. The normalized spacial score (nSPS) is 12.6.